The van der Waals surface area contributed by atoms with Gasteiger partial charge in [0.25, 0.3) is 0 Å². The standard InChI is InChI=1S/C21H21N3O2/c1-2-5-15-7-9-16(10-8-15)21-18(13-22)24(19(21)14-25)20(26)12-17-6-3-4-11-23-17/h2-11,18-19,21,25H,12,14H2,1H3/b5-2+/t18-,19-,21+/m1/s1. The normalized spacial score (nSPS) is 22.0. The number of nitriles is 1. The summed E-state index contributed by atoms with van der Waals surface area (Å²) in [4.78, 5) is 18.3. The van der Waals surface area contributed by atoms with Gasteiger partial charge in [-0.15, -0.1) is 0 Å². The molecule has 26 heavy (non-hydrogen) atoms. The molecule has 1 aromatic carbocycles. The van der Waals surface area contributed by atoms with Crippen LogP contribution in [0, 0.1) is 11.3 Å². The Labute approximate surface area is 153 Å². The van der Waals surface area contributed by atoms with Crippen molar-refractivity contribution in [1.29, 1.82) is 5.26 Å². The number of hydrogen-bond acceptors (Lipinski definition) is 4. The Morgan fingerprint density at radius 1 is 1.31 bits per heavy atom. The van der Waals surface area contributed by atoms with Crippen molar-refractivity contribution in [2.24, 2.45) is 0 Å². The monoisotopic (exact) mass is 347 g/mol. The summed E-state index contributed by atoms with van der Waals surface area (Å²) in [5.41, 5.74) is 2.70. The van der Waals surface area contributed by atoms with E-state index in [4.69, 9.17) is 0 Å². The molecule has 1 amide bonds. The van der Waals surface area contributed by atoms with Crippen LogP contribution in [0.3, 0.4) is 0 Å². The second-order valence-electron chi connectivity index (χ2n) is 6.32. The highest BCUT2D eigenvalue weighted by Gasteiger charge is 2.51. The summed E-state index contributed by atoms with van der Waals surface area (Å²) in [5, 5.41) is 19.4. The number of aliphatic hydroxyl groups is 1. The quantitative estimate of drug-likeness (QED) is 0.902. The van der Waals surface area contributed by atoms with E-state index in [1.807, 2.05) is 49.4 Å². The van der Waals surface area contributed by atoms with Crippen LogP contribution in [0.2, 0.25) is 0 Å². The molecule has 132 valence electrons. The van der Waals surface area contributed by atoms with Gasteiger partial charge in [-0.1, -0.05) is 42.5 Å². The van der Waals surface area contributed by atoms with Crippen LogP contribution in [0.25, 0.3) is 6.08 Å². The second-order valence-corrected chi connectivity index (χ2v) is 6.32. The van der Waals surface area contributed by atoms with Gasteiger partial charge < -0.3 is 10.0 Å². The molecule has 0 unspecified atom stereocenters. The lowest BCUT2D eigenvalue weighted by atomic mass is 9.75. The third-order valence-electron chi connectivity index (χ3n) is 4.76. The van der Waals surface area contributed by atoms with Crippen molar-refractivity contribution < 1.29 is 9.90 Å². The van der Waals surface area contributed by atoms with Crippen LogP contribution >= 0.6 is 0 Å². The third-order valence-corrected chi connectivity index (χ3v) is 4.76. The number of pyridine rings is 1. The highest BCUT2D eigenvalue weighted by molar-refractivity contribution is 5.81. The van der Waals surface area contributed by atoms with Crippen LogP contribution in [0.5, 0.6) is 0 Å². The van der Waals surface area contributed by atoms with Crippen LogP contribution in [-0.2, 0) is 11.2 Å². The Bertz CT molecular complexity index is 825. The van der Waals surface area contributed by atoms with E-state index in [-0.39, 0.29) is 30.9 Å². The highest BCUT2D eigenvalue weighted by atomic mass is 16.3. The summed E-state index contributed by atoms with van der Waals surface area (Å²) in [6, 6.07) is 14.6. The fourth-order valence-corrected chi connectivity index (χ4v) is 3.52. The predicted molar refractivity (Wildman–Crippen MR) is 99.0 cm³/mol. The van der Waals surface area contributed by atoms with E-state index >= 15 is 0 Å². The Morgan fingerprint density at radius 3 is 2.65 bits per heavy atom. The van der Waals surface area contributed by atoms with Crippen molar-refractivity contribution in [2.45, 2.75) is 31.3 Å². The molecule has 0 bridgehead atoms. The van der Waals surface area contributed by atoms with Crippen molar-refractivity contribution in [3.05, 3.63) is 71.6 Å². The first-order valence-electron chi connectivity index (χ1n) is 8.63. The molecule has 1 saturated heterocycles. The van der Waals surface area contributed by atoms with Crippen molar-refractivity contribution in [3.8, 4) is 6.07 Å². The summed E-state index contributed by atoms with van der Waals surface area (Å²) >= 11 is 0. The van der Waals surface area contributed by atoms with E-state index < -0.39 is 6.04 Å². The van der Waals surface area contributed by atoms with Gasteiger partial charge in [0.2, 0.25) is 5.91 Å². The van der Waals surface area contributed by atoms with Crippen molar-refractivity contribution in [3.63, 3.8) is 0 Å². The molecule has 1 aliphatic heterocycles. The number of allylic oxidation sites excluding steroid dienone is 1. The average Bonchev–Trinajstić information content (AvgIpc) is 2.64. The third kappa shape index (κ3) is 3.37. The molecule has 0 radical (unpaired) electrons. The molecule has 3 atom stereocenters. The Balaban J connectivity index is 1.79. The van der Waals surface area contributed by atoms with Gasteiger partial charge in [0.05, 0.1) is 25.1 Å². The van der Waals surface area contributed by atoms with E-state index in [1.54, 1.807) is 18.3 Å². The molecule has 3 rings (SSSR count). The molecular weight excluding hydrogens is 326 g/mol. The number of nitrogens with zero attached hydrogens (tertiary/aromatic N) is 3. The summed E-state index contributed by atoms with van der Waals surface area (Å²) in [5.74, 6) is -0.367. The number of carbonyl (C=O) groups excluding carboxylic acids is 1. The molecular formula is C21H21N3O2. The zero-order valence-corrected chi connectivity index (χ0v) is 14.6. The Kier molecular flexibility index (Phi) is 5.45. The second kappa shape index (κ2) is 7.94. The molecule has 1 fully saturated rings. The van der Waals surface area contributed by atoms with Gasteiger partial charge in [-0.25, -0.2) is 0 Å². The summed E-state index contributed by atoms with van der Waals surface area (Å²) < 4.78 is 0. The topological polar surface area (TPSA) is 77.2 Å². The molecule has 2 heterocycles. The van der Waals surface area contributed by atoms with Gasteiger partial charge in [-0.05, 0) is 30.2 Å². The minimum atomic E-state index is -0.573. The summed E-state index contributed by atoms with van der Waals surface area (Å²) in [6.45, 7) is 1.78. The summed E-state index contributed by atoms with van der Waals surface area (Å²) in [7, 11) is 0. The molecule has 5 nitrogen and oxygen atoms in total. The van der Waals surface area contributed by atoms with Gasteiger partial charge in [0.15, 0.2) is 0 Å². The smallest absolute Gasteiger partial charge is 0.230 e. The first kappa shape index (κ1) is 17.8. The number of carbonyl (C=O) groups is 1. The van der Waals surface area contributed by atoms with Gasteiger partial charge in [0, 0.05) is 17.8 Å². The molecule has 2 aromatic rings. The molecule has 0 saturated carbocycles. The van der Waals surface area contributed by atoms with Crippen LogP contribution in [-0.4, -0.2) is 39.6 Å². The van der Waals surface area contributed by atoms with Gasteiger partial charge in [-0.3, -0.25) is 9.78 Å². The lowest BCUT2D eigenvalue weighted by molar-refractivity contribution is -0.146. The van der Waals surface area contributed by atoms with Gasteiger partial charge >= 0.3 is 0 Å². The minimum absolute atomic E-state index is 0.127. The van der Waals surface area contributed by atoms with E-state index in [9.17, 15) is 15.2 Å². The maximum absolute atomic E-state index is 12.7. The van der Waals surface area contributed by atoms with Crippen molar-refractivity contribution >= 4 is 12.0 Å². The average molecular weight is 347 g/mol. The number of aromatic nitrogens is 1. The van der Waals surface area contributed by atoms with Crippen molar-refractivity contribution in [1.82, 2.24) is 9.88 Å². The number of amides is 1. The highest BCUT2D eigenvalue weighted by Crippen LogP contribution is 2.40. The van der Waals surface area contributed by atoms with Crippen LogP contribution in [0.4, 0.5) is 0 Å². The number of aliphatic hydroxyl groups excluding tert-OH is 1. The van der Waals surface area contributed by atoms with Crippen LogP contribution in [0.15, 0.2) is 54.7 Å². The van der Waals surface area contributed by atoms with E-state index in [0.717, 1.165) is 11.1 Å². The molecule has 0 aliphatic carbocycles. The first-order valence-corrected chi connectivity index (χ1v) is 8.63. The van der Waals surface area contributed by atoms with Crippen LogP contribution in [0.1, 0.15) is 29.7 Å². The molecule has 0 spiro atoms. The molecule has 1 N–H and O–H groups in total. The summed E-state index contributed by atoms with van der Waals surface area (Å²) in [6.07, 6.45) is 5.73. The van der Waals surface area contributed by atoms with Crippen LogP contribution < -0.4 is 0 Å². The minimum Gasteiger partial charge on any atom is -0.394 e. The molecule has 1 aromatic heterocycles. The zero-order chi connectivity index (χ0) is 18.5. The predicted octanol–water partition coefficient (Wildman–Crippen LogP) is 2.54. The Hall–Kier alpha value is -2.97. The van der Waals surface area contributed by atoms with E-state index in [1.165, 1.54) is 4.90 Å². The maximum atomic E-state index is 12.7. The largest absolute Gasteiger partial charge is 0.394 e. The number of likely N-dealkylation sites (tertiary alicyclic amines) is 1. The lowest BCUT2D eigenvalue weighted by Crippen LogP contribution is -2.65. The Morgan fingerprint density at radius 2 is 2.08 bits per heavy atom. The zero-order valence-electron chi connectivity index (χ0n) is 14.6. The molecule has 1 aliphatic rings. The van der Waals surface area contributed by atoms with Gasteiger partial charge in [0.1, 0.15) is 6.04 Å². The van der Waals surface area contributed by atoms with Gasteiger partial charge in [-0.2, -0.15) is 5.26 Å². The fourth-order valence-electron chi connectivity index (χ4n) is 3.52. The number of hydrogen-bond donors (Lipinski definition) is 1. The lowest BCUT2D eigenvalue weighted by Gasteiger charge is -2.51. The van der Waals surface area contributed by atoms with E-state index in [0.29, 0.717) is 5.69 Å². The number of benzene rings is 1. The fraction of sp³-hybridized carbons (Fsp3) is 0.286. The SMILES string of the molecule is C/C=C/c1ccc([C@H]2[C@@H](C#N)N(C(=O)Cc3ccccn3)[C@@H]2CO)cc1. The van der Waals surface area contributed by atoms with E-state index in [2.05, 4.69) is 11.1 Å². The van der Waals surface area contributed by atoms with Crippen molar-refractivity contribution in [2.75, 3.05) is 6.61 Å². The number of rotatable bonds is 5. The first-order chi connectivity index (χ1) is 12.7. The maximum Gasteiger partial charge on any atom is 0.230 e. The molecule has 5 heteroatoms.